The van der Waals surface area contributed by atoms with Crippen molar-refractivity contribution in [3.05, 3.63) is 0 Å². The second kappa shape index (κ2) is 66.3. The number of unbranched alkanes of at least 4 members (excludes halogenated alkanes) is 40. The van der Waals surface area contributed by atoms with Gasteiger partial charge in [0.1, 0.15) is 19.3 Å². The lowest BCUT2D eigenvalue weighted by molar-refractivity contribution is -0.161. The maximum atomic E-state index is 13.1. The van der Waals surface area contributed by atoms with Gasteiger partial charge in [-0.3, -0.25) is 37.3 Å². The van der Waals surface area contributed by atoms with Gasteiger partial charge in [-0.15, -0.1) is 0 Å². The Labute approximate surface area is 588 Å². The number of carbonyl (C=O) groups is 4. The molecule has 2 unspecified atom stereocenters. The molecule has 96 heavy (non-hydrogen) atoms. The van der Waals surface area contributed by atoms with Crippen LogP contribution in [0.3, 0.4) is 0 Å². The van der Waals surface area contributed by atoms with E-state index in [1.165, 1.54) is 186 Å². The summed E-state index contributed by atoms with van der Waals surface area (Å²) >= 11 is 0. The predicted octanol–water partition coefficient (Wildman–Crippen LogP) is 22.4. The third kappa shape index (κ3) is 70.5. The molecule has 0 heterocycles. The van der Waals surface area contributed by atoms with Crippen molar-refractivity contribution in [1.29, 1.82) is 0 Å². The molecule has 3 N–H and O–H groups in total. The molecule has 570 valence electrons. The molecule has 17 nitrogen and oxygen atoms in total. The van der Waals surface area contributed by atoms with E-state index in [9.17, 15) is 43.2 Å². The molecule has 0 amide bonds. The zero-order valence-corrected chi connectivity index (χ0v) is 64.8. The highest BCUT2D eigenvalue weighted by Crippen LogP contribution is 2.45. The summed E-state index contributed by atoms with van der Waals surface area (Å²) in [6.45, 7) is 14.2. The molecule has 0 aromatic carbocycles. The minimum Gasteiger partial charge on any atom is -0.462 e. The van der Waals surface area contributed by atoms with Crippen LogP contribution in [0.2, 0.25) is 0 Å². The quantitative estimate of drug-likeness (QED) is 0.0222. The predicted molar refractivity (Wildman–Crippen MR) is 391 cm³/mol. The molecule has 0 radical (unpaired) electrons. The van der Waals surface area contributed by atoms with Gasteiger partial charge in [0.25, 0.3) is 0 Å². The third-order valence-corrected chi connectivity index (χ3v) is 19.7. The summed E-state index contributed by atoms with van der Waals surface area (Å²) < 4.78 is 68.5. The fourth-order valence-electron chi connectivity index (χ4n) is 11.7. The van der Waals surface area contributed by atoms with Gasteiger partial charge in [0.2, 0.25) is 0 Å². The Kier molecular flexibility index (Phi) is 65.0. The Bertz CT molecular complexity index is 1880. The van der Waals surface area contributed by atoms with Crippen molar-refractivity contribution in [3.63, 3.8) is 0 Å². The number of aliphatic hydroxyl groups excluding tert-OH is 1. The Morgan fingerprint density at radius 3 is 0.646 bits per heavy atom. The van der Waals surface area contributed by atoms with E-state index in [-0.39, 0.29) is 25.7 Å². The molecule has 0 saturated heterocycles. The van der Waals surface area contributed by atoms with E-state index in [0.29, 0.717) is 31.6 Å². The van der Waals surface area contributed by atoms with E-state index < -0.39 is 97.5 Å². The summed E-state index contributed by atoms with van der Waals surface area (Å²) in [6, 6.07) is 0. The van der Waals surface area contributed by atoms with Gasteiger partial charge >= 0.3 is 39.5 Å². The van der Waals surface area contributed by atoms with E-state index in [0.717, 1.165) is 114 Å². The van der Waals surface area contributed by atoms with E-state index in [2.05, 4.69) is 55.4 Å². The molecule has 19 heteroatoms. The first-order chi connectivity index (χ1) is 46.1. The van der Waals surface area contributed by atoms with Gasteiger partial charge in [-0.25, -0.2) is 9.13 Å². The van der Waals surface area contributed by atoms with Crippen LogP contribution in [0.25, 0.3) is 0 Å². The van der Waals surface area contributed by atoms with Crippen LogP contribution in [-0.2, 0) is 65.4 Å². The normalized spacial score (nSPS) is 14.1. The number of ether oxygens (including phenoxy) is 4. The maximum absolute atomic E-state index is 13.1. The molecular weight excluding hydrogens is 1260 g/mol. The van der Waals surface area contributed by atoms with Crippen LogP contribution in [0, 0.1) is 23.7 Å². The molecule has 0 aromatic heterocycles. The van der Waals surface area contributed by atoms with Gasteiger partial charge < -0.3 is 33.8 Å². The Morgan fingerprint density at radius 1 is 0.260 bits per heavy atom. The lowest BCUT2D eigenvalue weighted by Gasteiger charge is -2.21. The van der Waals surface area contributed by atoms with E-state index >= 15 is 0 Å². The van der Waals surface area contributed by atoms with Gasteiger partial charge in [-0.05, 0) is 49.4 Å². The molecular formula is C77H150O17P2. The zero-order chi connectivity index (χ0) is 71.0. The van der Waals surface area contributed by atoms with Gasteiger partial charge in [0, 0.05) is 25.7 Å². The van der Waals surface area contributed by atoms with Crippen molar-refractivity contribution in [2.45, 2.75) is 408 Å². The summed E-state index contributed by atoms with van der Waals surface area (Å²) in [4.78, 5) is 72.8. The summed E-state index contributed by atoms with van der Waals surface area (Å²) in [5, 5.41) is 10.6. The maximum Gasteiger partial charge on any atom is 0.472 e. The highest BCUT2D eigenvalue weighted by molar-refractivity contribution is 7.47. The number of esters is 4. The first-order valence-electron chi connectivity index (χ1n) is 39.7. The number of carbonyl (C=O) groups excluding carboxylic acids is 4. The van der Waals surface area contributed by atoms with E-state index in [1.807, 2.05) is 0 Å². The molecule has 0 aliphatic rings. The molecule has 0 spiro atoms. The van der Waals surface area contributed by atoms with Crippen LogP contribution in [-0.4, -0.2) is 96.7 Å². The first-order valence-corrected chi connectivity index (χ1v) is 42.7. The summed E-state index contributed by atoms with van der Waals surface area (Å²) in [7, 11) is -9.91. The summed E-state index contributed by atoms with van der Waals surface area (Å²) in [5.41, 5.74) is 0. The van der Waals surface area contributed by atoms with Crippen LogP contribution >= 0.6 is 15.6 Å². The van der Waals surface area contributed by atoms with Crippen LogP contribution in [0.5, 0.6) is 0 Å². The minimum absolute atomic E-state index is 0.105. The minimum atomic E-state index is -4.96. The van der Waals surface area contributed by atoms with Gasteiger partial charge in [0.15, 0.2) is 12.2 Å². The molecule has 0 aromatic rings. The zero-order valence-electron chi connectivity index (χ0n) is 63.0. The Morgan fingerprint density at radius 2 is 0.438 bits per heavy atom. The van der Waals surface area contributed by atoms with Crippen molar-refractivity contribution in [1.82, 2.24) is 0 Å². The number of rotatable bonds is 74. The number of hydrogen-bond acceptors (Lipinski definition) is 15. The Balaban J connectivity index is 5.24. The number of aliphatic hydroxyl groups is 1. The third-order valence-electron chi connectivity index (χ3n) is 17.8. The van der Waals surface area contributed by atoms with E-state index in [1.54, 1.807) is 0 Å². The lowest BCUT2D eigenvalue weighted by Crippen LogP contribution is -2.30. The fraction of sp³-hybridized carbons (Fsp3) is 0.948. The Hall–Kier alpha value is -1.94. The molecule has 5 atom stereocenters. The van der Waals surface area contributed by atoms with Crippen molar-refractivity contribution >= 4 is 39.5 Å². The second-order valence-corrected chi connectivity index (χ2v) is 32.6. The monoisotopic (exact) mass is 1410 g/mol. The molecule has 0 fully saturated rings. The fourth-order valence-corrected chi connectivity index (χ4v) is 13.3. The van der Waals surface area contributed by atoms with Gasteiger partial charge in [-0.1, -0.05) is 338 Å². The molecule has 0 rings (SSSR count). The summed E-state index contributed by atoms with van der Waals surface area (Å²) in [5.74, 6) is 0.910. The number of phosphoric ester groups is 2. The van der Waals surface area contributed by atoms with E-state index in [4.69, 9.17) is 37.0 Å². The lowest BCUT2D eigenvalue weighted by atomic mass is 10.0. The summed E-state index contributed by atoms with van der Waals surface area (Å²) in [6.07, 6.45) is 51.5. The van der Waals surface area contributed by atoms with Crippen molar-refractivity contribution < 1.29 is 80.2 Å². The van der Waals surface area contributed by atoms with Crippen molar-refractivity contribution in [3.8, 4) is 0 Å². The number of hydrogen-bond donors (Lipinski definition) is 3. The van der Waals surface area contributed by atoms with Crippen LogP contribution < -0.4 is 0 Å². The second-order valence-electron chi connectivity index (χ2n) is 29.7. The smallest absolute Gasteiger partial charge is 0.462 e. The molecule has 0 saturated carbocycles. The highest BCUT2D eigenvalue weighted by atomic mass is 31.2. The van der Waals surface area contributed by atoms with Gasteiger partial charge in [-0.2, -0.15) is 0 Å². The van der Waals surface area contributed by atoms with Crippen LogP contribution in [0.1, 0.15) is 389 Å². The molecule has 0 aliphatic carbocycles. The standard InChI is InChI=1S/C77H150O17P2/c1-67(2)53-45-37-29-23-17-12-9-10-14-20-26-32-41-49-57-74(79)87-63-72(93-76(81)59-51-43-33-27-21-15-11-13-18-24-30-38-46-54-68(3)4)65-91-95(83,84)89-61-71(78)62-90-96(85,86)92-66-73(64-88-75(80)58-50-42-36-35-40-48-56-70(7)8)94-77(82)60-52-44-34-28-22-16-19-25-31-39-47-55-69(5)6/h67-73,78H,9-66H2,1-8H3,(H,83,84)(H,85,86)/t71-,72-,73-/m1/s1. The number of phosphoric acid groups is 2. The largest absolute Gasteiger partial charge is 0.472 e. The van der Waals surface area contributed by atoms with Crippen molar-refractivity contribution in [2.24, 2.45) is 23.7 Å². The highest BCUT2D eigenvalue weighted by Gasteiger charge is 2.30. The first kappa shape index (κ1) is 94.1. The average Bonchev–Trinajstić information content (AvgIpc) is 1.07. The topological polar surface area (TPSA) is 237 Å². The van der Waals surface area contributed by atoms with Crippen LogP contribution in [0.15, 0.2) is 0 Å². The molecule has 0 aliphatic heterocycles. The van der Waals surface area contributed by atoms with Gasteiger partial charge in [0.05, 0.1) is 26.4 Å². The van der Waals surface area contributed by atoms with Crippen molar-refractivity contribution in [2.75, 3.05) is 39.6 Å². The SMILES string of the molecule is CC(C)CCCCCCCCCCCCCCCCC(=O)OC[C@H](COP(=O)(O)OC[C@@H](O)COP(=O)(O)OC[C@@H](COC(=O)CCCCCCCCC(C)C)OC(=O)CCCCCCCCCCCCCC(C)C)OC(=O)CCCCCCCCCCCCCCCC(C)C. The van der Waals surface area contributed by atoms with Crippen LogP contribution in [0.4, 0.5) is 0 Å². The molecule has 0 bridgehead atoms. The average molecular weight is 1410 g/mol.